The average molecular weight is 391 g/mol. The van der Waals surface area contributed by atoms with Gasteiger partial charge in [0.15, 0.2) is 0 Å². The maximum Gasteiger partial charge on any atom is 0.322 e. The van der Waals surface area contributed by atoms with Crippen molar-refractivity contribution in [2.24, 2.45) is 0 Å². The van der Waals surface area contributed by atoms with Crippen LogP contribution in [0.25, 0.3) is 0 Å². The lowest BCUT2D eigenvalue weighted by Crippen LogP contribution is -2.50. The van der Waals surface area contributed by atoms with Crippen molar-refractivity contribution in [3.8, 4) is 11.5 Å². The Kier molecular flexibility index (Phi) is 6.65. The molecule has 1 aliphatic rings. The molecule has 150 valence electrons. The predicted molar refractivity (Wildman–Crippen MR) is 102 cm³/mol. The summed E-state index contributed by atoms with van der Waals surface area (Å²) >= 11 is 0. The summed E-state index contributed by atoms with van der Waals surface area (Å²) in [5, 5.41) is 2.49. The van der Waals surface area contributed by atoms with E-state index in [0.29, 0.717) is 32.8 Å². The lowest BCUT2D eigenvalue weighted by Gasteiger charge is -2.34. The molecule has 0 unspecified atom stereocenters. The van der Waals surface area contributed by atoms with Gasteiger partial charge in [0.25, 0.3) is 0 Å². The summed E-state index contributed by atoms with van der Waals surface area (Å²) in [4.78, 5) is 16.1. The van der Waals surface area contributed by atoms with Crippen LogP contribution in [0.15, 0.2) is 42.5 Å². The van der Waals surface area contributed by atoms with Crippen molar-refractivity contribution in [2.45, 2.75) is 0 Å². The lowest BCUT2D eigenvalue weighted by atomic mass is 10.3. The first kappa shape index (κ1) is 19.9. The number of amides is 2. The first-order chi connectivity index (χ1) is 13.5. The molecule has 0 atom stereocenters. The fourth-order valence-corrected chi connectivity index (χ4v) is 2.92. The van der Waals surface area contributed by atoms with Crippen LogP contribution >= 0.6 is 0 Å². The second kappa shape index (κ2) is 9.36. The third-order valence-electron chi connectivity index (χ3n) is 4.57. The highest BCUT2D eigenvalue weighted by molar-refractivity contribution is 5.89. The van der Waals surface area contributed by atoms with E-state index in [1.807, 2.05) is 24.3 Å². The molecule has 1 aliphatic heterocycles. The van der Waals surface area contributed by atoms with Gasteiger partial charge in [-0.1, -0.05) is 0 Å². The molecule has 1 heterocycles. The highest BCUT2D eigenvalue weighted by atomic mass is 19.1. The van der Waals surface area contributed by atoms with Crippen molar-refractivity contribution in [1.82, 2.24) is 9.80 Å². The van der Waals surface area contributed by atoms with E-state index in [2.05, 4.69) is 10.2 Å². The monoisotopic (exact) mass is 391 g/mol. The number of ether oxygens (including phenoxy) is 2. The van der Waals surface area contributed by atoms with Crippen LogP contribution in [-0.4, -0.2) is 62.3 Å². The van der Waals surface area contributed by atoms with Crippen LogP contribution in [0, 0.1) is 11.6 Å². The zero-order chi connectivity index (χ0) is 19.9. The summed E-state index contributed by atoms with van der Waals surface area (Å²) in [6.45, 7) is 3.73. The van der Waals surface area contributed by atoms with Gasteiger partial charge in [-0.15, -0.1) is 0 Å². The second-order valence-electron chi connectivity index (χ2n) is 6.41. The molecule has 6 nitrogen and oxygen atoms in total. The molecule has 2 aromatic rings. The van der Waals surface area contributed by atoms with Crippen molar-refractivity contribution in [3.05, 3.63) is 54.1 Å². The van der Waals surface area contributed by atoms with Crippen molar-refractivity contribution in [1.29, 1.82) is 0 Å². The molecule has 0 aromatic heterocycles. The summed E-state index contributed by atoms with van der Waals surface area (Å²) in [6, 6.07) is 10.1. The molecule has 1 fully saturated rings. The molecule has 3 rings (SSSR count). The van der Waals surface area contributed by atoms with Gasteiger partial charge in [0.2, 0.25) is 0 Å². The summed E-state index contributed by atoms with van der Waals surface area (Å²) in [5.41, 5.74) is -0.0262. The van der Waals surface area contributed by atoms with Crippen LogP contribution in [0.5, 0.6) is 11.5 Å². The molecule has 8 heteroatoms. The van der Waals surface area contributed by atoms with Crippen molar-refractivity contribution in [3.63, 3.8) is 0 Å². The van der Waals surface area contributed by atoms with Crippen LogP contribution in [0.2, 0.25) is 0 Å². The van der Waals surface area contributed by atoms with Crippen LogP contribution in [-0.2, 0) is 0 Å². The van der Waals surface area contributed by atoms with Gasteiger partial charge in [0.1, 0.15) is 29.7 Å². The van der Waals surface area contributed by atoms with Crippen molar-refractivity contribution < 1.29 is 23.0 Å². The topological polar surface area (TPSA) is 54.0 Å². The molecule has 0 saturated carbocycles. The lowest BCUT2D eigenvalue weighted by molar-refractivity contribution is 0.132. The standard InChI is InChI=1S/C20H23F2N3O3/c1-27-16-3-5-17(6-4-16)28-13-12-24-8-10-25(11-9-24)20(26)23-19-7-2-15(21)14-18(19)22/h2-7,14H,8-13H2,1H3,(H,23,26). The Labute approximate surface area is 162 Å². The average Bonchev–Trinajstić information content (AvgIpc) is 2.71. The molecular formula is C20H23F2N3O3. The van der Waals surface area contributed by atoms with E-state index < -0.39 is 11.6 Å². The Morgan fingerprint density at radius 3 is 2.36 bits per heavy atom. The summed E-state index contributed by atoms with van der Waals surface area (Å²) < 4.78 is 37.4. The fourth-order valence-electron chi connectivity index (χ4n) is 2.92. The molecule has 0 radical (unpaired) electrons. The highest BCUT2D eigenvalue weighted by Crippen LogP contribution is 2.18. The molecule has 1 N–H and O–H groups in total. The molecule has 28 heavy (non-hydrogen) atoms. The first-order valence-corrected chi connectivity index (χ1v) is 9.05. The predicted octanol–water partition coefficient (Wildman–Crippen LogP) is 3.20. The number of hydrogen-bond donors (Lipinski definition) is 1. The van der Waals surface area contributed by atoms with E-state index in [4.69, 9.17) is 9.47 Å². The number of urea groups is 1. The molecule has 0 aliphatic carbocycles. The van der Waals surface area contributed by atoms with Gasteiger partial charge in [-0.05, 0) is 36.4 Å². The molecular weight excluding hydrogens is 368 g/mol. The van der Waals surface area contributed by atoms with E-state index in [1.54, 1.807) is 12.0 Å². The zero-order valence-electron chi connectivity index (χ0n) is 15.7. The fraction of sp³-hybridized carbons (Fsp3) is 0.350. The smallest absolute Gasteiger partial charge is 0.322 e. The SMILES string of the molecule is COc1ccc(OCCN2CCN(C(=O)Nc3ccc(F)cc3F)CC2)cc1. The molecule has 0 spiro atoms. The number of methoxy groups -OCH3 is 1. The maximum absolute atomic E-state index is 13.7. The number of benzene rings is 2. The van der Waals surface area contributed by atoms with Crippen molar-refractivity contribution >= 4 is 11.7 Å². The number of anilines is 1. The van der Waals surface area contributed by atoms with Crippen LogP contribution < -0.4 is 14.8 Å². The number of hydrogen-bond acceptors (Lipinski definition) is 4. The summed E-state index contributed by atoms with van der Waals surface area (Å²) in [5.74, 6) is 0.0889. The third kappa shape index (κ3) is 5.32. The molecule has 1 saturated heterocycles. The van der Waals surface area contributed by atoms with Gasteiger partial charge in [0.05, 0.1) is 12.8 Å². The minimum Gasteiger partial charge on any atom is -0.497 e. The van der Waals surface area contributed by atoms with Crippen LogP contribution in [0.4, 0.5) is 19.3 Å². The Morgan fingerprint density at radius 1 is 1.04 bits per heavy atom. The largest absolute Gasteiger partial charge is 0.497 e. The number of carbonyl (C=O) groups is 1. The second-order valence-corrected chi connectivity index (χ2v) is 6.41. The maximum atomic E-state index is 13.7. The van der Waals surface area contributed by atoms with Crippen molar-refractivity contribution in [2.75, 3.05) is 51.8 Å². The van der Waals surface area contributed by atoms with E-state index in [1.165, 1.54) is 6.07 Å². The zero-order valence-corrected chi connectivity index (χ0v) is 15.7. The number of halogens is 2. The van der Waals surface area contributed by atoms with Gasteiger partial charge >= 0.3 is 6.03 Å². The minimum atomic E-state index is -0.789. The number of carbonyl (C=O) groups excluding carboxylic acids is 1. The quantitative estimate of drug-likeness (QED) is 0.822. The number of rotatable bonds is 6. The number of nitrogens with one attached hydrogen (secondary N) is 1. The van der Waals surface area contributed by atoms with E-state index in [9.17, 15) is 13.6 Å². The van der Waals surface area contributed by atoms with E-state index >= 15 is 0 Å². The van der Waals surface area contributed by atoms with Gasteiger partial charge < -0.3 is 19.7 Å². The Morgan fingerprint density at radius 2 is 1.71 bits per heavy atom. The Bertz CT molecular complexity index is 794. The normalized spacial score (nSPS) is 14.6. The van der Waals surface area contributed by atoms with Crippen LogP contribution in [0.3, 0.4) is 0 Å². The Hall–Kier alpha value is -2.87. The molecule has 2 amide bonds. The highest BCUT2D eigenvalue weighted by Gasteiger charge is 2.21. The van der Waals surface area contributed by atoms with E-state index in [-0.39, 0.29) is 11.7 Å². The van der Waals surface area contributed by atoms with Gasteiger partial charge in [-0.25, -0.2) is 13.6 Å². The number of piperazine rings is 1. The van der Waals surface area contributed by atoms with E-state index in [0.717, 1.165) is 30.2 Å². The molecule has 0 bridgehead atoms. The molecule has 2 aromatic carbocycles. The summed E-state index contributed by atoms with van der Waals surface area (Å²) in [7, 11) is 1.62. The van der Waals surface area contributed by atoms with Gasteiger partial charge in [-0.3, -0.25) is 4.90 Å². The van der Waals surface area contributed by atoms with Crippen LogP contribution in [0.1, 0.15) is 0 Å². The Balaban J connectivity index is 1.39. The van der Waals surface area contributed by atoms with Gasteiger partial charge in [0, 0.05) is 38.8 Å². The minimum absolute atomic E-state index is 0.0262. The van der Waals surface area contributed by atoms with Gasteiger partial charge in [-0.2, -0.15) is 0 Å². The summed E-state index contributed by atoms with van der Waals surface area (Å²) in [6.07, 6.45) is 0. The number of nitrogens with zero attached hydrogens (tertiary/aromatic N) is 2. The first-order valence-electron chi connectivity index (χ1n) is 9.05. The third-order valence-corrected chi connectivity index (χ3v) is 4.57.